The van der Waals surface area contributed by atoms with Gasteiger partial charge in [0.05, 0.1) is 6.42 Å². The number of piperidine rings is 1. The number of urea groups is 1. The van der Waals surface area contributed by atoms with Gasteiger partial charge in [-0.3, -0.25) is 4.79 Å². The first kappa shape index (κ1) is 15.3. The van der Waals surface area contributed by atoms with Crippen LogP contribution in [0, 0.1) is 5.92 Å². The second-order valence-electron chi connectivity index (χ2n) is 5.19. The minimum Gasteiger partial charge on any atom is -0.480 e. The topological polar surface area (TPSA) is 113 Å². The highest BCUT2D eigenvalue weighted by molar-refractivity contribution is 5.87. The van der Waals surface area contributed by atoms with Gasteiger partial charge in [0.1, 0.15) is 6.04 Å². The van der Waals surface area contributed by atoms with Crippen LogP contribution in [0.25, 0.3) is 0 Å². The molecular formula is C12H21N3O4. The summed E-state index contributed by atoms with van der Waals surface area (Å²) in [6.07, 6.45) is 1.54. The zero-order valence-electron chi connectivity index (χ0n) is 11.3. The molecule has 1 aliphatic heterocycles. The van der Waals surface area contributed by atoms with Crippen molar-refractivity contribution >= 4 is 17.9 Å². The van der Waals surface area contributed by atoms with Crippen molar-refractivity contribution in [2.75, 3.05) is 6.54 Å². The number of primary amides is 1. The highest BCUT2D eigenvalue weighted by Crippen LogP contribution is 2.21. The molecule has 1 saturated heterocycles. The Morgan fingerprint density at radius 1 is 1.37 bits per heavy atom. The number of likely N-dealkylation sites (tertiary alicyclic amines) is 1. The number of rotatable bonds is 4. The van der Waals surface area contributed by atoms with Crippen LogP contribution in [0.3, 0.4) is 0 Å². The van der Waals surface area contributed by atoms with Crippen LogP contribution in [-0.2, 0) is 9.59 Å². The number of amides is 3. The maximum atomic E-state index is 12.0. The predicted molar refractivity (Wildman–Crippen MR) is 68.3 cm³/mol. The van der Waals surface area contributed by atoms with Gasteiger partial charge in [0, 0.05) is 12.6 Å². The second kappa shape index (κ2) is 6.40. The van der Waals surface area contributed by atoms with E-state index in [4.69, 9.17) is 10.8 Å². The van der Waals surface area contributed by atoms with Crippen molar-refractivity contribution in [2.24, 2.45) is 11.7 Å². The first-order valence-corrected chi connectivity index (χ1v) is 6.39. The largest absolute Gasteiger partial charge is 0.480 e. The summed E-state index contributed by atoms with van der Waals surface area (Å²) in [6.45, 7) is 4.56. The molecule has 0 aromatic carbocycles. The number of nitrogens with zero attached hydrogens (tertiary/aromatic N) is 1. The number of hydrogen-bond acceptors (Lipinski definition) is 3. The molecule has 0 aromatic rings. The fourth-order valence-corrected chi connectivity index (χ4v) is 2.20. The molecule has 7 heteroatoms. The van der Waals surface area contributed by atoms with Crippen molar-refractivity contribution in [3.05, 3.63) is 0 Å². The van der Waals surface area contributed by atoms with Gasteiger partial charge < -0.3 is 21.1 Å². The molecule has 0 aromatic heterocycles. The lowest BCUT2D eigenvalue weighted by molar-refractivity contribution is -0.141. The highest BCUT2D eigenvalue weighted by Gasteiger charge is 2.30. The molecule has 7 nitrogen and oxygen atoms in total. The van der Waals surface area contributed by atoms with Crippen molar-refractivity contribution < 1.29 is 19.5 Å². The zero-order chi connectivity index (χ0) is 14.6. The first-order valence-electron chi connectivity index (χ1n) is 6.39. The Kier molecular flexibility index (Phi) is 5.14. The summed E-state index contributed by atoms with van der Waals surface area (Å²) < 4.78 is 0. The van der Waals surface area contributed by atoms with Crippen molar-refractivity contribution in [1.29, 1.82) is 0 Å². The number of nitrogens with two attached hydrogens (primary N) is 1. The molecule has 0 saturated carbocycles. The van der Waals surface area contributed by atoms with Crippen LogP contribution in [0.5, 0.6) is 0 Å². The van der Waals surface area contributed by atoms with E-state index in [0.29, 0.717) is 12.5 Å². The third kappa shape index (κ3) is 4.42. The van der Waals surface area contributed by atoms with E-state index in [1.165, 1.54) is 0 Å². The first-order chi connectivity index (χ1) is 8.81. The minimum atomic E-state index is -1.27. The van der Waals surface area contributed by atoms with Crippen LogP contribution in [0.4, 0.5) is 4.79 Å². The molecule has 0 spiro atoms. The molecule has 0 bridgehead atoms. The van der Waals surface area contributed by atoms with Crippen LogP contribution in [0.1, 0.15) is 33.1 Å². The molecule has 1 aliphatic rings. The number of nitrogens with one attached hydrogen (secondary N) is 1. The Balaban J connectivity index is 2.65. The quantitative estimate of drug-likeness (QED) is 0.675. The Labute approximate surface area is 112 Å². The van der Waals surface area contributed by atoms with E-state index in [-0.39, 0.29) is 6.04 Å². The van der Waals surface area contributed by atoms with Crippen molar-refractivity contribution in [1.82, 2.24) is 10.2 Å². The zero-order valence-corrected chi connectivity index (χ0v) is 11.3. The molecular weight excluding hydrogens is 250 g/mol. The van der Waals surface area contributed by atoms with Crippen molar-refractivity contribution in [3.63, 3.8) is 0 Å². The Morgan fingerprint density at radius 3 is 2.53 bits per heavy atom. The summed E-state index contributed by atoms with van der Waals surface area (Å²) in [4.78, 5) is 35.4. The number of hydrogen-bond donors (Lipinski definition) is 3. The third-order valence-corrected chi connectivity index (χ3v) is 3.38. The minimum absolute atomic E-state index is 0.0687. The number of aliphatic carboxylic acids is 1. The average Bonchev–Trinajstić information content (AvgIpc) is 2.30. The van der Waals surface area contributed by atoms with E-state index in [9.17, 15) is 14.4 Å². The molecule has 4 N–H and O–H groups in total. The van der Waals surface area contributed by atoms with E-state index in [2.05, 4.69) is 5.32 Å². The number of carbonyl (C=O) groups is 3. The molecule has 0 aliphatic carbocycles. The number of carbonyl (C=O) groups excluding carboxylic acids is 2. The molecule has 3 amide bonds. The maximum absolute atomic E-state index is 12.0. The van der Waals surface area contributed by atoms with Gasteiger partial charge in [-0.1, -0.05) is 6.92 Å². The predicted octanol–water partition coefficient (Wildman–Crippen LogP) is 0.145. The van der Waals surface area contributed by atoms with Crippen LogP contribution in [-0.4, -0.2) is 46.5 Å². The van der Waals surface area contributed by atoms with Gasteiger partial charge in [0.2, 0.25) is 5.91 Å². The van der Waals surface area contributed by atoms with Crippen molar-refractivity contribution in [2.45, 2.75) is 45.2 Å². The van der Waals surface area contributed by atoms with Gasteiger partial charge in [-0.2, -0.15) is 0 Å². The van der Waals surface area contributed by atoms with Gasteiger partial charge in [-0.05, 0) is 25.7 Å². The summed E-state index contributed by atoms with van der Waals surface area (Å²) in [5, 5.41) is 11.3. The van der Waals surface area contributed by atoms with Crippen LogP contribution >= 0.6 is 0 Å². The lowest BCUT2D eigenvalue weighted by atomic mass is 9.95. The van der Waals surface area contributed by atoms with Crippen LogP contribution < -0.4 is 11.1 Å². The third-order valence-electron chi connectivity index (χ3n) is 3.38. The number of carboxylic acid groups (broad SMARTS) is 1. The lowest BCUT2D eigenvalue weighted by Gasteiger charge is -2.37. The standard InChI is InChI=1S/C12H21N3O4/c1-7-3-4-8(2)15(6-7)12(19)14-9(11(17)18)5-10(13)16/h7-9H,3-6H2,1-2H3,(H2,13,16)(H,14,19)(H,17,18)/t7?,8?,9-/m1/s1. The summed E-state index contributed by atoms with van der Waals surface area (Å²) >= 11 is 0. The van der Waals surface area contributed by atoms with E-state index < -0.39 is 30.4 Å². The Bertz CT molecular complexity index is 372. The molecule has 1 rings (SSSR count). The maximum Gasteiger partial charge on any atom is 0.326 e. The van der Waals surface area contributed by atoms with E-state index >= 15 is 0 Å². The molecule has 108 valence electrons. The van der Waals surface area contributed by atoms with Crippen LogP contribution in [0.15, 0.2) is 0 Å². The second-order valence-corrected chi connectivity index (χ2v) is 5.19. The molecule has 0 radical (unpaired) electrons. The van der Waals surface area contributed by atoms with Crippen LogP contribution in [0.2, 0.25) is 0 Å². The summed E-state index contributed by atoms with van der Waals surface area (Å²) in [7, 11) is 0. The Hall–Kier alpha value is -1.79. The normalized spacial score (nSPS) is 24.6. The highest BCUT2D eigenvalue weighted by atomic mass is 16.4. The van der Waals surface area contributed by atoms with E-state index in [1.807, 2.05) is 13.8 Å². The monoisotopic (exact) mass is 271 g/mol. The van der Waals surface area contributed by atoms with E-state index in [1.54, 1.807) is 4.90 Å². The molecule has 1 fully saturated rings. The van der Waals surface area contributed by atoms with Gasteiger partial charge >= 0.3 is 12.0 Å². The summed E-state index contributed by atoms with van der Waals surface area (Å²) in [6, 6.07) is -1.65. The van der Waals surface area contributed by atoms with Gasteiger partial charge in [-0.15, -0.1) is 0 Å². The van der Waals surface area contributed by atoms with Gasteiger partial charge in [0.25, 0.3) is 0 Å². The molecule has 19 heavy (non-hydrogen) atoms. The average molecular weight is 271 g/mol. The lowest BCUT2D eigenvalue weighted by Crippen LogP contribution is -2.54. The fraction of sp³-hybridized carbons (Fsp3) is 0.750. The van der Waals surface area contributed by atoms with Crippen molar-refractivity contribution in [3.8, 4) is 0 Å². The van der Waals surface area contributed by atoms with Gasteiger partial charge in [-0.25, -0.2) is 9.59 Å². The molecule has 3 atom stereocenters. The summed E-state index contributed by atoms with van der Waals surface area (Å²) in [5.41, 5.74) is 4.97. The molecule has 2 unspecified atom stereocenters. The van der Waals surface area contributed by atoms with Gasteiger partial charge in [0.15, 0.2) is 0 Å². The fourth-order valence-electron chi connectivity index (χ4n) is 2.20. The summed E-state index contributed by atoms with van der Waals surface area (Å²) in [5.74, 6) is -1.63. The number of carboxylic acids is 1. The smallest absolute Gasteiger partial charge is 0.326 e. The van der Waals surface area contributed by atoms with E-state index in [0.717, 1.165) is 12.8 Å². The molecule has 1 heterocycles. The SMILES string of the molecule is CC1CCC(C)N(C(=O)N[C@H](CC(N)=O)C(=O)O)C1. The Morgan fingerprint density at radius 2 is 2.00 bits per heavy atom.